The van der Waals surface area contributed by atoms with Crippen LogP contribution in [0.4, 0.5) is 0 Å². The van der Waals surface area contributed by atoms with E-state index in [-0.39, 0.29) is 0 Å². The van der Waals surface area contributed by atoms with Crippen molar-refractivity contribution in [3.05, 3.63) is 77.4 Å². The van der Waals surface area contributed by atoms with Crippen LogP contribution in [-0.4, -0.2) is 0 Å². The van der Waals surface area contributed by atoms with E-state index in [1.54, 1.807) is 0 Å². The molecule has 0 aliphatic heterocycles. The Bertz CT molecular complexity index is 715. The summed E-state index contributed by atoms with van der Waals surface area (Å²) < 4.78 is 0. The second-order valence-electron chi connectivity index (χ2n) is 5.97. The molecule has 0 unspecified atom stereocenters. The highest BCUT2D eigenvalue weighted by Crippen LogP contribution is 2.41. The Morgan fingerprint density at radius 1 is 1.00 bits per heavy atom. The number of rotatable bonds is 3. The highest BCUT2D eigenvalue weighted by Gasteiger charge is 2.22. The van der Waals surface area contributed by atoms with Gasteiger partial charge in [-0.1, -0.05) is 74.5 Å². The van der Waals surface area contributed by atoms with Crippen LogP contribution in [0, 0.1) is 5.92 Å². The molecule has 0 amide bonds. The standard InChI is InChI=1S/C21H22/c1-4-5-10-17(15(2)3)19-12-8-13-20-18-11-7-6-9-16(18)14-21(19)20/h4-13,15H,14H2,1-3H3/b5-4+,17-10+. The summed E-state index contributed by atoms with van der Waals surface area (Å²) in [4.78, 5) is 0. The molecule has 106 valence electrons. The lowest BCUT2D eigenvalue weighted by atomic mass is 9.89. The van der Waals surface area contributed by atoms with Crippen LogP contribution in [-0.2, 0) is 6.42 Å². The van der Waals surface area contributed by atoms with E-state index in [4.69, 9.17) is 0 Å². The molecule has 0 saturated carbocycles. The maximum Gasteiger partial charge on any atom is -0.000740 e. The normalized spacial score (nSPS) is 13.8. The number of hydrogen-bond acceptors (Lipinski definition) is 0. The van der Waals surface area contributed by atoms with Crippen LogP contribution in [0.25, 0.3) is 16.7 Å². The second-order valence-corrected chi connectivity index (χ2v) is 5.97. The van der Waals surface area contributed by atoms with E-state index in [9.17, 15) is 0 Å². The number of hydrogen-bond donors (Lipinski definition) is 0. The van der Waals surface area contributed by atoms with Crippen molar-refractivity contribution in [1.82, 2.24) is 0 Å². The van der Waals surface area contributed by atoms with Gasteiger partial charge in [-0.15, -0.1) is 0 Å². The first-order valence-electron chi connectivity index (χ1n) is 7.75. The molecular weight excluding hydrogens is 252 g/mol. The fourth-order valence-corrected chi connectivity index (χ4v) is 3.22. The third-order valence-corrected chi connectivity index (χ3v) is 4.25. The molecule has 0 bridgehead atoms. The van der Waals surface area contributed by atoms with Gasteiger partial charge in [0.2, 0.25) is 0 Å². The molecular formula is C21H22. The fraction of sp³-hybridized carbons (Fsp3) is 0.238. The van der Waals surface area contributed by atoms with Crippen molar-refractivity contribution < 1.29 is 0 Å². The van der Waals surface area contributed by atoms with Gasteiger partial charge in [-0.3, -0.25) is 0 Å². The Hall–Kier alpha value is -2.08. The van der Waals surface area contributed by atoms with Crippen LogP contribution in [0.3, 0.4) is 0 Å². The van der Waals surface area contributed by atoms with Crippen molar-refractivity contribution in [2.45, 2.75) is 27.2 Å². The van der Waals surface area contributed by atoms with Crippen molar-refractivity contribution in [3.63, 3.8) is 0 Å². The third-order valence-electron chi connectivity index (χ3n) is 4.25. The topological polar surface area (TPSA) is 0 Å². The zero-order valence-electron chi connectivity index (χ0n) is 13.1. The molecule has 21 heavy (non-hydrogen) atoms. The molecule has 0 fully saturated rings. The van der Waals surface area contributed by atoms with E-state index in [1.165, 1.54) is 33.4 Å². The van der Waals surface area contributed by atoms with Crippen molar-refractivity contribution in [3.8, 4) is 11.1 Å². The van der Waals surface area contributed by atoms with Crippen LogP contribution in [0.2, 0.25) is 0 Å². The summed E-state index contributed by atoms with van der Waals surface area (Å²) >= 11 is 0. The minimum Gasteiger partial charge on any atom is -0.0877 e. The lowest BCUT2D eigenvalue weighted by Crippen LogP contribution is -1.98. The molecule has 0 heteroatoms. The molecule has 0 radical (unpaired) electrons. The number of fused-ring (bicyclic) bond motifs is 3. The van der Waals surface area contributed by atoms with Gasteiger partial charge in [0, 0.05) is 0 Å². The number of allylic oxidation sites excluding steroid dienone is 4. The highest BCUT2D eigenvalue weighted by molar-refractivity contribution is 5.84. The van der Waals surface area contributed by atoms with Crippen molar-refractivity contribution in [2.24, 2.45) is 5.92 Å². The summed E-state index contributed by atoms with van der Waals surface area (Å²) in [7, 11) is 0. The highest BCUT2D eigenvalue weighted by atomic mass is 14.3. The zero-order valence-corrected chi connectivity index (χ0v) is 13.1. The predicted molar refractivity (Wildman–Crippen MR) is 92.3 cm³/mol. The fourth-order valence-electron chi connectivity index (χ4n) is 3.22. The van der Waals surface area contributed by atoms with Crippen LogP contribution in [0.5, 0.6) is 0 Å². The first kappa shape index (κ1) is 13.9. The molecule has 2 aromatic rings. The summed E-state index contributed by atoms with van der Waals surface area (Å²) in [6.45, 7) is 6.62. The van der Waals surface area contributed by atoms with Gasteiger partial charge in [0.1, 0.15) is 0 Å². The molecule has 0 N–H and O–H groups in total. The maximum atomic E-state index is 2.28. The second kappa shape index (κ2) is 5.73. The molecule has 0 saturated heterocycles. The molecule has 0 spiro atoms. The Balaban J connectivity index is 2.15. The monoisotopic (exact) mass is 274 g/mol. The Labute approximate surface area is 127 Å². The SMILES string of the molecule is C/C=C/C=C(/c1cccc2c1Cc1ccccc1-2)C(C)C. The van der Waals surface area contributed by atoms with E-state index in [2.05, 4.69) is 81.5 Å². The van der Waals surface area contributed by atoms with E-state index in [0.717, 1.165) is 6.42 Å². The zero-order chi connectivity index (χ0) is 14.8. The van der Waals surface area contributed by atoms with Gasteiger partial charge in [-0.2, -0.15) is 0 Å². The Kier molecular flexibility index (Phi) is 3.79. The predicted octanol–water partition coefficient (Wildman–Crippen LogP) is 5.87. The summed E-state index contributed by atoms with van der Waals surface area (Å²) in [6, 6.07) is 15.5. The quantitative estimate of drug-likeness (QED) is 0.524. The first-order chi connectivity index (χ1) is 10.2. The Morgan fingerprint density at radius 3 is 2.52 bits per heavy atom. The first-order valence-corrected chi connectivity index (χ1v) is 7.75. The maximum absolute atomic E-state index is 2.28. The summed E-state index contributed by atoms with van der Waals surface area (Å²) in [5.41, 5.74) is 8.60. The molecule has 1 aliphatic carbocycles. The molecule has 2 aromatic carbocycles. The van der Waals surface area contributed by atoms with E-state index in [0.29, 0.717) is 5.92 Å². The van der Waals surface area contributed by atoms with Gasteiger partial charge in [0.25, 0.3) is 0 Å². The van der Waals surface area contributed by atoms with Gasteiger partial charge in [0.05, 0.1) is 0 Å². The van der Waals surface area contributed by atoms with E-state index < -0.39 is 0 Å². The molecule has 0 atom stereocenters. The average molecular weight is 274 g/mol. The molecule has 0 nitrogen and oxygen atoms in total. The molecule has 0 heterocycles. The Morgan fingerprint density at radius 2 is 1.76 bits per heavy atom. The summed E-state index contributed by atoms with van der Waals surface area (Å²) in [5.74, 6) is 0.524. The third kappa shape index (κ3) is 2.47. The minimum absolute atomic E-state index is 0.524. The van der Waals surface area contributed by atoms with Crippen molar-refractivity contribution in [1.29, 1.82) is 0 Å². The van der Waals surface area contributed by atoms with Crippen molar-refractivity contribution >= 4 is 5.57 Å². The average Bonchev–Trinajstić information content (AvgIpc) is 2.87. The van der Waals surface area contributed by atoms with Crippen LogP contribution >= 0.6 is 0 Å². The molecule has 1 aliphatic rings. The van der Waals surface area contributed by atoms with Crippen LogP contribution in [0.1, 0.15) is 37.5 Å². The van der Waals surface area contributed by atoms with Gasteiger partial charge < -0.3 is 0 Å². The van der Waals surface area contributed by atoms with Crippen molar-refractivity contribution in [2.75, 3.05) is 0 Å². The van der Waals surface area contributed by atoms with Gasteiger partial charge in [-0.05, 0) is 52.7 Å². The largest absolute Gasteiger partial charge is 0.0877 e. The van der Waals surface area contributed by atoms with Crippen LogP contribution in [0.15, 0.2) is 60.7 Å². The van der Waals surface area contributed by atoms with Gasteiger partial charge >= 0.3 is 0 Å². The van der Waals surface area contributed by atoms with E-state index >= 15 is 0 Å². The van der Waals surface area contributed by atoms with Gasteiger partial charge in [0.15, 0.2) is 0 Å². The molecule has 0 aromatic heterocycles. The lowest BCUT2D eigenvalue weighted by Gasteiger charge is -2.15. The van der Waals surface area contributed by atoms with E-state index in [1.807, 2.05) is 0 Å². The summed E-state index contributed by atoms with van der Waals surface area (Å²) in [6.07, 6.45) is 7.57. The van der Waals surface area contributed by atoms with Crippen LogP contribution < -0.4 is 0 Å². The minimum atomic E-state index is 0.524. The van der Waals surface area contributed by atoms with Gasteiger partial charge in [-0.25, -0.2) is 0 Å². The number of benzene rings is 2. The summed E-state index contributed by atoms with van der Waals surface area (Å²) in [5, 5.41) is 0. The lowest BCUT2D eigenvalue weighted by molar-refractivity contribution is 0.853. The molecule has 3 rings (SSSR count). The smallest absolute Gasteiger partial charge is 0.000740 e.